The molecule has 152 valence electrons. The minimum absolute atomic E-state index is 0.0122. The lowest BCUT2D eigenvalue weighted by Crippen LogP contribution is -2.46. The van der Waals surface area contributed by atoms with Gasteiger partial charge in [0.15, 0.2) is 0 Å². The zero-order valence-electron chi connectivity index (χ0n) is 15.7. The second-order valence-electron chi connectivity index (χ2n) is 7.42. The topological polar surface area (TPSA) is 72.9 Å². The van der Waals surface area contributed by atoms with Gasteiger partial charge in [-0.25, -0.2) is 13.2 Å². The molecule has 0 aliphatic carbocycles. The highest BCUT2D eigenvalue weighted by molar-refractivity contribution is 7.89. The zero-order valence-corrected chi connectivity index (χ0v) is 18.0. The van der Waals surface area contributed by atoms with Gasteiger partial charge in [-0.1, -0.05) is 35.7 Å². The largest absolute Gasteiger partial charge is 0.458 e. The highest BCUT2D eigenvalue weighted by Crippen LogP contribution is 2.33. The van der Waals surface area contributed by atoms with E-state index in [-0.39, 0.29) is 34.2 Å². The molecule has 0 N–H and O–H groups in total. The second kappa shape index (κ2) is 9.09. The first kappa shape index (κ1) is 22.4. The summed E-state index contributed by atoms with van der Waals surface area (Å²) in [4.78, 5) is 11.8. The lowest BCUT2D eigenvalue weighted by molar-refractivity contribution is -0.160. The van der Waals surface area contributed by atoms with Gasteiger partial charge in [0.25, 0.3) is 0 Å². The Labute approximate surface area is 170 Å². The fourth-order valence-electron chi connectivity index (χ4n) is 2.92. The Morgan fingerprint density at radius 1 is 1.26 bits per heavy atom. The van der Waals surface area contributed by atoms with Crippen molar-refractivity contribution in [1.82, 2.24) is 4.31 Å². The first-order valence-electron chi connectivity index (χ1n) is 8.78. The van der Waals surface area contributed by atoms with Crippen molar-refractivity contribution in [3.63, 3.8) is 0 Å². The van der Waals surface area contributed by atoms with Crippen LogP contribution in [0.25, 0.3) is 0 Å². The van der Waals surface area contributed by atoms with Crippen LogP contribution in [0.2, 0.25) is 10.0 Å². The summed E-state index contributed by atoms with van der Waals surface area (Å²) < 4.78 is 38.2. The Kier molecular flexibility index (Phi) is 7.55. The van der Waals surface area contributed by atoms with E-state index in [0.29, 0.717) is 13.0 Å². The summed E-state index contributed by atoms with van der Waals surface area (Å²) in [6.45, 7) is 5.57. The maximum Gasteiger partial charge on any atom is 0.332 e. The number of nitrogens with zero attached hydrogens (tertiary/aromatic N) is 1. The number of sulfonamides is 1. The Bertz CT molecular complexity index is 776. The predicted octanol–water partition coefficient (Wildman–Crippen LogP) is 3.89. The van der Waals surface area contributed by atoms with Gasteiger partial charge in [-0.05, 0) is 45.7 Å². The van der Waals surface area contributed by atoms with Gasteiger partial charge < -0.3 is 9.47 Å². The van der Waals surface area contributed by atoms with Crippen molar-refractivity contribution in [2.75, 3.05) is 19.8 Å². The molecule has 27 heavy (non-hydrogen) atoms. The molecule has 1 aromatic rings. The van der Waals surface area contributed by atoms with E-state index in [1.807, 2.05) is 0 Å². The number of esters is 1. The summed E-state index contributed by atoms with van der Waals surface area (Å²) in [6, 6.07) is 4.16. The summed E-state index contributed by atoms with van der Waals surface area (Å²) in [5.41, 5.74) is -0.593. The Morgan fingerprint density at radius 3 is 2.63 bits per heavy atom. The number of carbonyl (C=O) groups is 1. The van der Waals surface area contributed by atoms with Crippen molar-refractivity contribution in [1.29, 1.82) is 0 Å². The van der Waals surface area contributed by atoms with E-state index in [1.165, 1.54) is 10.4 Å². The number of hydrogen-bond donors (Lipinski definition) is 0. The standard InChI is InChI=1S/C18H25Cl2NO5S/c1-18(2,3)26-16(22)12-25-11-13-7-4-5-10-21(13)27(23,24)15-9-6-8-14(19)17(15)20/h6,8-9,13H,4-5,7,10-12H2,1-3H3/t13-/m0/s1. The molecule has 9 heteroatoms. The number of ether oxygens (including phenoxy) is 2. The fourth-order valence-corrected chi connectivity index (χ4v) is 5.33. The van der Waals surface area contributed by atoms with Crippen LogP contribution in [0.4, 0.5) is 0 Å². The van der Waals surface area contributed by atoms with Crippen LogP contribution in [-0.4, -0.2) is 50.1 Å². The highest BCUT2D eigenvalue weighted by Gasteiger charge is 2.35. The van der Waals surface area contributed by atoms with Crippen LogP contribution >= 0.6 is 23.2 Å². The molecule has 6 nitrogen and oxygen atoms in total. The first-order chi connectivity index (χ1) is 12.5. The van der Waals surface area contributed by atoms with Crippen LogP contribution in [-0.2, 0) is 24.3 Å². The van der Waals surface area contributed by atoms with E-state index in [9.17, 15) is 13.2 Å². The quantitative estimate of drug-likeness (QED) is 0.630. The smallest absolute Gasteiger partial charge is 0.332 e. The van der Waals surface area contributed by atoms with Gasteiger partial charge in [0.1, 0.15) is 17.1 Å². The molecule has 1 aliphatic heterocycles. The molecule has 1 aromatic carbocycles. The molecule has 1 saturated heterocycles. The van der Waals surface area contributed by atoms with E-state index >= 15 is 0 Å². The average molecular weight is 438 g/mol. The molecule has 0 aromatic heterocycles. The monoisotopic (exact) mass is 437 g/mol. The minimum atomic E-state index is -3.82. The summed E-state index contributed by atoms with van der Waals surface area (Å²) in [6.07, 6.45) is 2.28. The summed E-state index contributed by atoms with van der Waals surface area (Å²) >= 11 is 12.1. The third-order valence-electron chi connectivity index (χ3n) is 4.03. The van der Waals surface area contributed by atoms with Crippen molar-refractivity contribution in [2.45, 2.75) is 56.6 Å². The van der Waals surface area contributed by atoms with E-state index in [1.54, 1.807) is 32.9 Å². The molecule has 1 fully saturated rings. The molecule has 1 atom stereocenters. The average Bonchev–Trinajstić information content (AvgIpc) is 2.56. The molecule has 2 rings (SSSR count). The Morgan fingerprint density at radius 2 is 1.96 bits per heavy atom. The van der Waals surface area contributed by atoms with Crippen LogP contribution in [0.5, 0.6) is 0 Å². The number of hydrogen-bond acceptors (Lipinski definition) is 5. The van der Waals surface area contributed by atoms with E-state index in [2.05, 4.69) is 0 Å². The van der Waals surface area contributed by atoms with Crippen molar-refractivity contribution >= 4 is 39.2 Å². The number of carbonyl (C=O) groups excluding carboxylic acids is 1. The van der Waals surface area contributed by atoms with Crippen LogP contribution in [0, 0.1) is 0 Å². The minimum Gasteiger partial charge on any atom is -0.458 e. The second-order valence-corrected chi connectivity index (χ2v) is 10.1. The number of benzene rings is 1. The third-order valence-corrected chi connectivity index (χ3v) is 6.95. The summed E-state index contributed by atoms with van der Waals surface area (Å²) in [5, 5.41) is 0.200. The van der Waals surface area contributed by atoms with Gasteiger partial charge >= 0.3 is 5.97 Å². The molecule has 0 radical (unpaired) electrons. The fraction of sp³-hybridized carbons (Fsp3) is 0.611. The molecule has 0 unspecified atom stereocenters. The summed E-state index contributed by atoms with van der Waals surface area (Å²) in [5.74, 6) is -0.481. The number of rotatable bonds is 6. The van der Waals surface area contributed by atoms with Crippen LogP contribution in [0.3, 0.4) is 0 Å². The van der Waals surface area contributed by atoms with E-state index < -0.39 is 21.6 Å². The van der Waals surface area contributed by atoms with E-state index in [4.69, 9.17) is 32.7 Å². The van der Waals surface area contributed by atoms with Gasteiger partial charge in [-0.15, -0.1) is 0 Å². The molecule has 0 spiro atoms. The lowest BCUT2D eigenvalue weighted by Gasteiger charge is -2.34. The SMILES string of the molecule is CC(C)(C)OC(=O)COC[C@@H]1CCCCN1S(=O)(=O)c1cccc(Cl)c1Cl. The maximum atomic E-state index is 13.1. The van der Waals surface area contributed by atoms with Crippen LogP contribution in [0.15, 0.2) is 23.1 Å². The zero-order chi connectivity index (χ0) is 20.2. The molecular weight excluding hydrogens is 413 g/mol. The Hall–Kier alpha value is -0.860. The highest BCUT2D eigenvalue weighted by atomic mass is 35.5. The molecular formula is C18H25Cl2NO5S. The maximum absolute atomic E-state index is 13.1. The van der Waals surface area contributed by atoms with Crippen LogP contribution < -0.4 is 0 Å². The molecule has 0 bridgehead atoms. The predicted molar refractivity (Wildman–Crippen MR) is 105 cm³/mol. The number of halogens is 2. The van der Waals surface area contributed by atoms with Gasteiger partial charge in [0, 0.05) is 12.6 Å². The molecule has 1 aliphatic rings. The van der Waals surface area contributed by atoms with Crippen molar-refractivity contribution in [2.24, 2.45) is 0 Å². The van der Waals surface area contributed by atoms with Crippen molar-refractivity contribution in [3.8, 4) is 0 Å². The van der Waals surface area contributed by atoms with Crippen molar-refractivity contribution < 1.29 is 22.7 Å². The lowest BCUT2D eigenvalue weighted by atomic mass is 10.1. The molecule has 0 saturated carbocycles. The summed E-state index contributed by atoms with van der Waals surface area (Å²) in [7, 11) is -3.82. The molecule has 1 heterocycles. The first-order valence-corrected chi connectivity index (χ1v) is 11.0. The van der Waals surface area contributed by atoms with E-state index in [0.717, 1.165) is 12.8 Å². The van der Waals surface area contributed by atoms with Gasteiger partial charge in [0.05, 0.1) is 16.7 Å². The third kappa shape index (κ3) is 6.06. The Balaban J connectivity index is 2.08. The van der Waals surface area contributed by atoms with Crippen molar-refractivity contribution in [3.05, 3.63) is 28.2 Å². The van der Waals surface area contributed by atoms with Gasteiger partial charge in [-0.2, -0.15) is 4.31 Å². The number of piperidine rings is 1. The van der Waals surface area contributed by atoms with Crippen LogP contribution in [0.1, 0.15) is 40.0 Å². The van der Waals surface area contributed by atoms with Gasteiger partial charge in [0.2, 0.25) is 10.0 Å². The van der Waals surface area contributed by atoms with Gasteiger partial charge in [-0.3, -0.25) is 0 Å². The normalized spacial score (nSPS) is 19.1. The molecule has 0 amide bonds.